The van der Waals surface area contributed by atoms with Gasteiger partial charge in [0.05, 0.1) is 36.1 Å². The average molecular weight is 567 g/mol. The van der Waals surface area contributed by atoms with Crippen molar-refractivity contribution in [3.63, 3.8) is 0 Å². The molecule has 1 saturated carbocycles. The fourth-order valence-corrected chi connectivity index (χ4v) is 6.29. The quantitative estimate of drug-likeness (QED) is 0.315. The van der Waals surface area contributed by atoms with Crippen LogP contribution in [0.5, 0.6) is 0 Å². The van der Waals surface area contributed by atoms with Gasteiger partial charge in [-0.25, -0.2) is 4.98 Å². The number of hydrogen-bond acceptors (Lipinski definition) is 6. The topological polar surface area (TPSA) is 108 Å². The van der Waals surface area contributed by atoms with Crippen LogP contribution in [0.3, 0.4) is 0 Å². The number of rotatable bonds is 7. The zero-order valence-corrected chi connectivity index (χ0v) is 23.5. The molecule has 2 aromatic heterocycles. The number of amides is 1. The van der Waals surface area contributed by atoms with E-state index < -0.39 is 5.97 Å². The van der Waals surface area contributed by atoms with E-state index in [-0.39, 0.29) is 19.0 Å². The molecule has 9 nitrogen and oxygen atoms in total. The first kappa shape index (κ1) is 27.8. The molecule has 0 spiro atoms. The van der Waals surface area contributed by atoms with E-state index in [9.17, 15) is 19.6 Å². The van der Waals surface area contributed by atoms with Crippen LogP contribution in [0, 0.1) is 4.91 Å². The van der Waals surface area contributed by atoms with Gasteiger partial charge in [-0.2, -0.15) is 0 Å². The highest BCUT2D eigenvalue weighted by Gasteiger charge is 2.27. The lowest BCUT2D eigenvalue weighted by atomic mass is 9.83. The van der Waals surface area contributed by atoms with Crippen LogP contribution in [0.25, 0.3) is 33.8 Å². The second-order valence-electron chi connectivity index (χ2n) is 11.2. The van der Waals surface area contributed by atoms with Gasteiger partial charge in [-0.05, 0) is 72.4 Å². The van der Waals surface area contributed by atoms with Gasteiger partial charge in [0, 0.05) is 45.5 Å². The van der Waals surface area contributed by atoms with E-state index in [0.29, 0.717) is 37.9 Å². The number of allylic oxidation sites excluding steroid dienone is 2. The zero-order chi connectivity index (χ0) is 29.1. The summed E-state index contributed by atoms with van der Waals surface area (Å²) >= 11 is 0. The largest absolute Gasteiger partial charge is 0.545 e. The summed E-state index contributed by atoms with van der Waals surface area (Å²) in [6.45, 7) is 2.44. The molecule has 0 bridgehead atoms. The zero-order valence-electron chi connectivity index (χ0n) is 23.5. The van der Waals surface area contributed by atoms with Gasteiger partial charge < -0.3 is 24.1 Å². The van der Waals surface area contributed by atoms with Crippen molar-refractivity contribution in [2.45, 2.75) is 44.6 Å². The third-order valence-corrected chi connectivity index (χ3v) is 8.42. The highest BCUT2D eigenvalue weighted by atomic mass is 16.5. The lowest BCUT2D eigenvalue weighted by Gasteiger charge is -2.28. The SMILES string of the molecule is O=C([O-])/C=C/c1cc(C2CCCCC2)c(-c2ccc3nc(C4=CC=C[N+](=O)C4)ccc3c2)n1CC(=O)N1CCOCC1. The number of benzene rings is 1. The van der Waals surface area contributed by atoms with E-state index in [4.69, 9.17) is 9.72 Å². The van der Waals surface area contributed by atoms with Crippen LogP contribution in [0.1, 0.15) is 55.0 Å². The van der Waals surface area contributed by atoms with Crippen molar-refractivity contribution in [2.24, 2.45) is 0 Å². The second-order valence-corrected chi connectivity index (χ2v) is 11.2. The van der Waals surface area contributed by atoms with Crippen molar-refractivity contribution < 1.29 is 24.2 Å². The van der Waals surface area contributed by atoms with Gasteiger partial charge in [0.25, 0.3) is 0 Å². The molecule has 3 aromatic rings. The Balaban J connectivity index is 1.45. The first-order valence-electron chi connectivity index (χ1n) is 14.7. The minimum Gasteiger partial charge on any atom is -0.545 e. The van der Waals surface area contributed by atoms with Gasteiger partial charge >= 0.3 is 0 Å². The number of nitrogens with zero attached hydrogens (tertiary/aromatic N) is 4. The molecule has 0 N–H and O–H groups in total. The van der Waals surface area contributed by atoms with Crippen molar-refractivity contribution in [1.29, 1.82) is 0 Å². The summed E-state index contributed by atoms with van der Waals surface area (Å²) in [6, 6.07) is 12.1. The second kappa shape index (κ2) is 12.2. The smallest absolute Gasteiger partial charge is 0.242 e. The molecule has 9 heteroatoms. The first-order valence-corrected chi connectivity index (χ1v) is 14.7. The number of carboxylic acid groups (broad SMARTS) is 1. The highest BCUT2D eigenvalue weighted by molar-refractivity contribution is 5.88. The highest BCUT2D eigenvalue weighted by Crippen LogP contribution is 2.41. The van der Waals surface area contributed by atoms with Crippen LogP contribution in [-0.4, -0.2) is 63.9 Å². The number of ether oxygens (including phenoxy) is 1. The van der Waals surface area contributed by atoms with Crippen LogP contribution in [0.4, 0.5) is 0 Å². The number of fused-ring (bicyclic) bond motifs is 1. The van der Waals surface area contributed by atoms with E-state index in [1.165, 1.54) is 18.7 Å². The summed E-state index contributed by atoms with van der Waals surface area (Å²) < 4.78 is 8.29. The monoisotopic (exact) mass is 566 g/mol. The van der Waals surface area contributed by atoms with Crippen molar-refractivity contribution in [3.05, 3.63) is 82.7 Å². The molecule has 1 saturated heterocycles. The predicted octanol–water partition coefficient (Wildman–Crippen LogP) is 4.06. The molecule has 0 atom stereocenters. The van der Waals surface area contributed by atoms with E-state index in [1.807, 2.05) is 39.8 Å². The lowest BCUT2D eigenvalue weighted by Crippen LogP contribution is -2.42. The number of morpholine rings is 1. The fourth-order valence-electron chi connectivity index (χ4n) is 6.29. The fraction of sp³-hybridized carbons (Fsp3) is 0.364. The molecule has 1 aromatic carbocycles. The van der Waals surface area contributed by atoms with Gasteiger partial charge in [-0.15, -0.1) is 0 Å². The van der Waals surface area contributed by atoms with Crippen LogP contribution in [0.15, 0.2) is 60.8 Å². The van der Waals surface area contributed by atoms with E-state index in [1.54, 1.807) is 6.08 Å². The van der Waals surface area contributed by atoms with Gasteiger partial charge in [-0.1, -0.05) is 31.4 Å². The summed E-state index contributed by atoms with van der Waals surface area (Å²) in [4.78, 5) is 43.4. The number of aromatic nitrogens is 2. The summed E-state index contributed by atoms with van der Waals surface area (Å²) in [7, 11) is 0. The van der Waals surface area contributed by atoms with Gasteiger partial charge in [0.15, 0.2) is 0 Å². The van der Waals surface area contributed by atoms with Crippen molar-refractivity contribution >= 4 is 34.4 Å². The maximum atomic E-state index is 13.5. The van der Waals surface area contributed by atoms with Crippen molar-refractivity contribution in [3.8, 4) is 11.3 Å². The van der Waals surface area contributed by atoms with E-state index in [2.05, 4.69) is 12.1 Å². The molecule has 216 valence electrons. The van der Waals surface area contributed by atoms with Gasteiger partial charge in [-0.3, -0.25) is 4.79 Å². The number of pyridine rings is 1. The third-order valence-electron chi connectivity index (χ3n) is 8.42. The number of carboxylic acids is 1. The number of hydrogen-bond donors (Lipinski definition) is 0. The molecule has 6 rings (SSSR count). The van der Waals surface area contributed by atoms with Crippen LogP contribution < -0.4 is 5.11 Å². The minimum absolute atomic E-state index is 0.0252. The molecule has 42 heavy (non-hydrogen) atoms. The number of aliphatic carboxylic acids is 1. The standard InChI is InChI=1S/C33H34N4O5/c38-31(35-15-17-42-18-16-35)22-37-27(10-13-32(39)40)20-28(23-5-2-1-3-6-23)33(37)25-9-12-29-24(19-25)8-11-30(34-29)26-7-4-14-36(41)21-26/h4,7-14,19-20,23H,1-3,5-6,15-18,21-22H2/b13-10+. The third kappa shape index (κ3) is 5.97. The molecule has 0 radical (unpaired) electrons. The minimum atomic E-state index is -1.28. The Hall–Kier alpha value is -4.37. The average Bonchev–Trinajstić information content (AvgIpc) is 3.38. The Morgan fingerprint density at radius 1 is 1.07 bits per heavy atom. The Kier molecular flexibility index (Phi) is 8.10. The van der Waals surface area contributed by atoms with Crippen molar-refractivity contribution in [2.75, 3.05) is 32.8 Å². The summed E-state index contributed by atoms with van der Waals surface area (Å²) in [5.41, 5.74) is 6.13. The summed E-state index contributed by atoms with van der Waals surface area (Å²) in [5.74, 6) is -0.983. The molecule has 1 amide bonds. The molecule has 1 aliphatic carbocycles. The molecule has 3 aliphatic rings. The first-order chi connectivity index (χ1) is 20.5. The summed E-state index contributed by atoms with van der Waals surface area (Å²) in [6.07, 6.45) is 13.3. The Labute approximate surface area is 244 Å². The Bertz CT molecular complexity index is 1620. The number of carbonyl (C=O) groups is 2. The van der Waals surface area contributed by atoms with Gasteiger partial charge in [0.1, 0.15) is 6.54 Å². The molecule has 4 heterocycles. The molecular weight excluding hydrogens is 532 g/mol. The van der Waals surface area contributed by atoms with Crippen LogP contribution >= 0.6 is 0 Å². The Morgan fingerprint density at radius 3 is 2.64 bits per heavy atom. The van der Waals surface area contributed by atoms with Crippen LogP contribution in [0.2, 0.25) is 0 Å². The molecule has 0 unspecified atom stereocenters. The molecular formula is C33H34N4O5. The maximum absolute atomic E-state index is 13.5. The number of carbonyl (C=O) groups excluding carboxylic acids is 2. The molecule has 2 aliphatic heterocycles. The van der Waals surface area contributed by atoms with Crippen molar-refractivity contribution in [1.82, 2.24) is 14.5 Å². The van der Waals surface area contributed by atoms with Gasteiger partial charge in [0.2, 0.25) is 18.7 Å². The van der Waals surface area contributed by atoms with E-state index >= 15 is 0 Å². The lowest BCUT2D eigenvalue weighted by molar-refractivity contribution is -0.466. The molecule has 2 fully saturated rings. The summed E-state index contributed by atoms with van der Waals surface area (Å²) in [5, 5.41) is 12.3. The predicted molar refractivity (Wildman–Crippen MR) is 158 cm³/mol. The Morgan fingerprint density at radius 2 is 1.88 bits per heavy atom. The van der Waals surface area contributed by atoms with Crippen LogP contribution in [-0.2, 0) is 20.9 Å². The maximum Gasteiger partial charge on any atom is 0.242 e. The number of nitroso groups, excluding NO2 is 1. The normalized spacial score (nSPS) is 18.1. The van der Waals surface area contributed by atoms with E-state index in [0.717, 1.165) is 75.5 Å².